The molecule has 1 aromatic carbocycles. The number of rotatable bonds is 6. The van der Waals surface area contributed by atoms with Gasteiger partial charge in [-0.25, -0.2) is 0 Å². The van der Waals surface area contributed by atoms with Crippen molar-refractivity contribution in [1.82, 2.24) is 30.1 Å². The highest BCUT2D eigenvalue weighted by Crippen LogP contribution is 2.26. The zero-order chi connectivity index (χ0) is 20.1. The van der Waals surface area contributed by atoms with Gasteiger partial charge in [-0.1, -0.05) is 29.8 Å². The predicted octanol–water partition coefficient (Wildman–Crippen LogP) is 3.50. The molecule has 1 unspecified atom stereocenters. The minimum Gasteiger partial charge on any atom is -0.354 e. The summed E-state index contributed by atoms with van der Waals surface area (Å²) in [6, 6.07) is 14.3. The van der Waals surface area contributed by atoms with Gasteiger partial charge in [0.05, 0.1) is 12.6 Å². The Labute approximate surface area is 198 Å². The van der Waals surface area contributed by atoms with Gasteiger partial charge < -0.3 is 10.6 Å². The molecule has 3 aromatic rings. The van der Waals surface area contributed by atoms with Gasteiger partial charge in [0.25, 0.3) is 0 Å². The fourth-order valence-corrected chi connectivity index (χ4v) is 4.01. The summed E-state index contributed by atoms with van der Waals surface area (Å²) >= 11 is 6.25. The number of guanidine groups is 1. The van der Waals surface area contributed by atoms with Crippen molar-refractivity contribution in [1.29, 1.82) is 0 Å². The van der Waals surface area contributed by atoms with Crippen LogP contribution in [0.4, 0.5) is 0 Å². The van der Waals surface area contributed by atoms with Crippen LogP contribution in [0.3, 0.4) is 0 Å². The highest BCUT2D eigenvalue weighted by molar-refractivity contribution is 14.0. The second-order valence-corrected chi connectivity index (χ2v) is 7.60. The third-order valence-electron chi connectivity index (χ3n) is 5.30. The lowest BCUT2D eigenvalue weighted by atomic mass is 10.1. The molecule has 3 heterocycles. The monoisotopic (exact) mass is 539 g/mol. The molecule has 0 bridgehead atoms. The van der Waals surface area contributed by atoms with E-state index in [0.29, 0.717) is 6.54 Å². The number of halogens is 2. The Hall–Kier alpha value is -1.91. The Kier molecular flexibility index (Phi) is 8.29. The largest absolute Gasteiger partial charge is 0.354 e. The molecule has 1 aliphatic rings. The van der Waals surface area contributed by atoms with E-state index in [-0.39, 0.29) is 30.0 Å². The topological polar surface area (TPSA) is 69.8 Å². The number of fused-ring (bicyclic) bond motifs is 1. The smallest absolute Gasteiger partial charge is 0.191 e. The van der Waals surface area contributed by atoms with Crippen molar-refractivity contribution >= 4 is 47.2 Å². The molecule has 1 aliphatic heterocycles. The van der Waals surface area contributed by atoms with Crippen LogP contribution in [0.25, 0.3) is 5.65 Å². The molecule has 7 nitrogen and oxygen atoms in total. The van der Waals surface area contributed by atoms with Crippen LogP contribution >= 0.6 is 35.6 Å². The first kappa shape index (κ1) is 22.8. The number of nitrogens with zero attached hydrogens (tertiary/aromatic N) is 5. The molecule has 0 amide bonds. The van der Waals surface area contributed by atoms with E-state index in [1.807, 2.05) is 40.9 Å². The van der Waals surface area contributed by atoms with E-state index in [2.05, 4.69) is 42.9 Å². The fraction of sp³-hybridized carbons (Fsp3) is 0.381. The van der Waals surface area contributed by atoms with Gasteiger partial charge in [0.1, 0.15) is 0 Å². The highest BCUT2D eigenvalue weighted by atomic mass is 127. The van der Waals surface area contributed by atoms with Crippen molar-refractivity contribution in [2.75, 3.05) is 26.7 Å². The SMILES string of the molecule is CN=C(NCc1nnc2ccccn12)NCC(c1cccc(Cl)c1)N1CCCC1.I. The molecule has 2 aromatic heterocycles. The van der Waals surface area contributed by atoms with E-state index < -0.39 is 0 Å². The summed E-state index contributed by atoms with van der Waals surface area (Å²) in [5.74, 6) is 1.58. The normalized spacial score (nSPS) is 15.7. The predicted molar refractivity (Wildman–Crippen MR) is 132 cm³/mol. The molecular formula is C21H27ClIN7. The minimum atomic E-state index is 0. The van der Waals surface area contributed by atoms with Crippen LogP contribution < -0.4 is 10.6 Å². The van der Waals surface area contributed by atoms with E-state index in [4.69, 9.17) is 11.6 Å². The number of hydrogen-bond donors (Lipinski definition) is 2. The summed E-state index contributed by atoms with van der Waals surface area (Å²) in [6.07, 6.45) is 4.44. The summed E-state index contributed by atoms with van der Waals surface area (Å²) < 4.78 is 1.97. The Morgan fingerprint density at radius 2 is 1.97 bits per heavy atom. The van der Waals surface area contributed by atoms with Crippen molar-refractivity contribution in [3.05, 3.63) is 65.1 Å². The summed E-state index contributed by atoms with van der Waals surface area (Å²) in [7, 11) is 1.78. The van der Waals surface area contributed by atoms with Crippen LogP contribution in [0.5, 0.6) is 0 Å². The average molecular weight is 540 g/mol. The van der Waals surface area contributed by atoms with Crippen molar-refractivity contribution in [2.45, 2.75) is 25.4 Å². The van der Waals surface area contributed by atoms with E-state index >= 15 is 0 Å². The van der Waals surface area contributed by atoms with Crippen molar-refractivity contribution in [2.24, 2.45) is 4.99 Å². The Morgan fingerprint density at radius 3 is 2.73 bits per heavy atom. The minimum absolute atomic E-state index is 0. The summed E-state index contributed by atoms with van der Waals surface area (Å²) in [6.45, 7) is 3.50. The molecule has 160 valence electrons. The van der Waals surface area contributed by atoms with Crippen LogP contribution in [0.15, 0.2) is 53.7 Å². The van der Waals surface area contributed by atoms with Gasteiger partial charge >= 0.3 is 0 Å². The molecule has 0 spiro atoms. The van der Waals surface area contributed by atoms with Gasteiger partial charge in [-0.05, 0) is 55.8 Å². The molecule has 1 saturated heterocycles. The van der Waals surface area contributed by atoms with Crippen molar-refractivity contribution in [3.63, 3.8) is 0 Å². The summed E-state index contributed by atoms with van der Waals surface area (Å²) in [5, 5.41) is 16.0. The lowest BCUT2D eigenvalue weighted by Gasteiger charge is -2.29. The molecular weight excluding hydrogens is 513 g/mol. The first-order valence-corrected chi connectivity index (χ1v) is 10.3. The van der Waals surface area contributed by atoms with Gasteiger partial charge in [0.15, 0.2) is 17.4 Å². The van der Waals surface area contributed by atoms with Crippen LogP contribution in [0, 0.1) is 0 Å². The zero-order valence-corrected chi connectivity index (χ0v) is 20.0. The van der Waals surface area contributed by atoms with E-state index in [1.54, 1.807) is 7.05 Å². The number of aromatic nitrogens is 3. The third-order valence-corrected chi connectivity index (χ3v) is 5.53. The fourth-order valence-electron chi connectivity index (χ4n) is 3.81. The Bertz CT molecular complexity index is 984. The van der Waals surface area contributed by atoms with Gasteiger partial charge in [-0.15, -0.1) is 34.2 Å². The lowest BCUT2D eigenvalue weighted by Crippen LogP contribution is -2.42. The molecule has 1 atom stereocenters. The molecule has 2 N–H and O–H groups in total. The number of aliphatic imine (C=N–C) groups is 1. The number of hydrogen-bond acceptors (Lipinski definition) is 4. The number of nitrogens with one attached hydrogen (secondary N) is 2. The summed E-state index contributed by atoms with van der Waals surface area (Å²) in [5.41, 5.74) is 2.06. The maximum absolute atomic E-state index is 6.25. The molecule has 1 fully saturated rings. The Balaban J connectivity index is 0.00000256. The number of likely N-dealkylation sites (tertiary alicyclic amines) is 1. The lowest BCUT2D eigenvalue weighted by molar-refractivity contribution is 0.245. The van der Waals surface area contributed by atoms with Gasteiger partial charge in [0, 0.05) is 24.8 Å². The van der Waals surface area contributed by atoms with Gasteiger partial charge in [-0.2, -0.15) is 0 Å². The number of benzene rings is 1. The quantitative estimate of drug-likeness (QED) is 0.285. The number of pyridine rings is 1. The molecule has 0 saturated carbocycles. The maximum atomic E-state index is 6.25. The van der Waals surface area contributed by atoms with Crippen LogP contribution in [0.2, 0.25) is 5.02 Å². The van der Waals surface area contributed by atoms with Crippen LogP contribution in [-0.2, 0) is 6.54 Å². The van der Waals surface area contributed by atoms with Gasteiger partial charge in [-0.3, -0.25) is 14.3 Å². The summed E-state index contributed by atoms with van der Waals surface area (Å²) in [4.78, 5) is 6.88. The van der Waals surface area contributed by atoms with Crippen LogP contribution in [0.1, 0.15) is 30.3 Å². The standard InChI is InChI=1S/C21H26ClN7.HI/c1-23-21(25-15-20-27-26-19-9-2-3-12-29(19)20)24-14-18(28-10-4-5-11-28)16-7-6-8-17(22)13-16;/h2-3,6-9,12-13,18H,4-5,10-11,14-15H2,1H3,(H2,23,24,25);1H. The average Bonchev–Trinajstić information content (AvgIpc) is 3.41. The second kappa shape index (κ2) is 10.9. The molecule has 30 heavy (non-hydrogen) atoms. The first-order valence-electron chi connectivity index (χ1n) is 9.97. The Morgan fingerprint density at radius 1 is 1.13 bits per heavy atom. The zero-order valence-electron chi connectivity index (χ0n) is 17.0. The maximum Gasteiger partial charge on any atom is 0.191 e. The molecule has 0 radical (unpaired) electrons. The van der Waals surface area contributed by atoms with Crippen molar-refractivity contribution < 1.29 is 0 Å². The van der Waals surface area contributed by atoms with Crippen molar-refractivity contribution in [3.8, 4) is 0 Å². The van der Waals surface area contributed by atoms with E-state index in [9.17, 15) is 0 Å². The third kappa shape index (κ3) is 5.41. The first-order chi connectivity index (χ1) is 14.2. The molecule has 4 rings (SSSR count). The molecule has 0 aliphatic carbocycles. The van der Waals surface area contributed by atoms with Crippen LogP contribution in [-0.4, -0.2) is 52.1 Å². The van der Waals surface area contributed by atoms with Gasteiger partial charge in [0.2, 0.25) is 0 Å². The van der Waals surface area contributed by atoms with E-state index in [0.717, 1.165) is 42.1 Å². The molecule has 9 heteroatoms. The second-order valence-electron chi connectivity index (χ2n) is 7.17. The highest BCUT2D eigenvalue weighted by Gasteiger charge is 2.24. The van der Waals surface area contributed by atoms with E-state index in [1.165, 1.54) is 18.4 Å².